The number of nitrogens with zero attached hydrogens (tertiary/aromatic N) is 2. The first-order valence-electron chi connectivity index (χ1n) is 15.3. The van der Waals surface area contributed by atoms with Crippen molar-refractivity contribution < 1.29 is 23.9 Å². The Balaban J connectivity index is 1.19. The first-order valence-corrected chi connectivity index (χ1v) is 16.1. The fourth-order valence-electron chi connectivity index (χ4n) is 6.86. The number of amides is 5. The predicted molar refractivity (Wildman–Crippen MR) is 161 cm³/mol. The molecule has 4 N–H and O–H groups in total. The van der Waals surface area contributed by atoms with Crippen LogP contribution in [0, 0.1) is 5.41 Å². The lowest BCUT2D eigenvalue weighted by atomic mass is 9.77. The van der Waals surface area contributed by atoms with Gasteiger partial charge in [-0.1, -0.05) is 12.1 Å². The van der Waals surface area contributed by atoms with Crippen molar-refractivity contribution in [1.82, 2.24) is 25.8 Å². The summed E-state index contributed by atoms with van der Waals surface area (Å²) < 4.78 is 6.81. The van der Waals surface area contributed by atoms with Gasteiger partial charge in [0, 0.05) is 57.1 Å². The molecule has 226 valence electrons. The lowest BCUT2D eigenvalue weighted by Gasteiger charge is -2.45. The van der Waals surface area contributed by atoms with Crippen LogP contribution in [-0.4, -0.2) is 92.0 Å². The fraction of sp³-hybridized carbons (Fsp3) is 0.600. The van der Waals surface area contributed by atoms with E-state index >= 15 is 0 Å². The maximum atomic E-state index is 14.1. The van der Waals surface area contributed by atoms with Gasteiger partial charge in [-0.25, -0.2) is 4.79 Å². The smallest absolute Gasteiger partial charge is 0.319 e. The molecule has 3 saturated heterocycles. The van der Waals surface area contributed by atoms with Crippen LogP contribution < -0.4 is 26.0 Å². The molecule has 1 spiro atoms. The number of thiophene rings is 1. The highest BCUT2D eigenvalue weighted by molar-refractivity contribution is 7.24. The molecule has 0 unspecified atom stereocenters. The number of likely N-dealkylation sites (tertiary alicyclic amines) is 2. The topological polar surface area (TPSA) is 132 Å². The van der Waals surface area contributed by atoms with E-state index in [0.29, 0.717) is 62.9 Å². The summed E-state index contributed by atoms with van der Waals surface area (Å²) in [6.07, 6.45) is 5.39. The maximum absolute atomic E-state index is 14.1. The average molecular weight is 597 g/mol. The number of rotatable bonds is 4. The second kappa shape index (κ2) is 12.1. The van der Waals surface area contributed by atoms with Gasteiger partial charge in [0.2, 0.25) is 11.8 Å². The summed E-state index contributed by atoms with van der Waals surface area (Å²) in [7, 11) is 0. The zero-order valence-electron chi connectivity index (χ0n) is 24.2. The minimum Gasteiger partial charge on any atom is -0.491 e. The Morgan fingerprint density at radius 2 is 1.81 bits per heavy atom. The summed E-state index contributed by atoms with van der Waals surface area (Å²) in [6.45, 7) is 6.50. The molecule has 0 radical (unpaired) electrons. The summed E-state index contributed by atoms with van der Waals surface area (Å²) in [6, 6.07) is 3.84. The third kappa shape index (κ3) is 5.30. The summed E-state index contributed by atoms with van der Waals surface area (Å²) >= 11 is 1.39. The number of carbonyl (C=O) groups excluding carboxylic acids is 4. The lowest BCUT2D eigenvalue weighted by molar-refractivity contribution is -0.148. The largest absolute Gasteiger partial charge is 0.491 e. The third-order valence-electron chi connectivity index (χ3n) is 9.12. The van der Waals surface area contributed by atoms with Gasteiger partial charge in [0.25, 0.3) is 5.91 Å². The third-order valence-corrected chi connectivity index (χ3v) is 10.2. The second-order valence-corrected chi connectivity index (χ2v) is 12.7. The summed E-state index contributed by atoms with van der Waals surface area (Å²) in [4.78, 5) is 57.2. The molecule has 3 fully saturated rings. The van der Waals surface area contributed by atoms with Crippen LogP contribution in [0.5, 0.6) is 5.75 Å². The molecule has 0 atom stereocenters. The van der Waals surface area contributed by atoms with E-state index in [1.54, 1.807) is 0 Å². The van der Waals surface area contributed by atoms with Crippen LogP contribution in [0.3, 0.4) is 0 Å². The Hall–Kier alpha value is -3.38. The number of anilines is 1. The van der Waals surface area contributed by atoms with Crippen molar-refractivity contribution in [2.24, 2.45) is 5.41 Å². The Kier molecular flexibility index (Phi) is 8.26. The van der Waals surface area contributed by atoms with E-state index < -0.39 is 5.41 Å². The highest BCUT2D eigenvalue weighted by Gasteiger charge is 2.50. The molecule has 0 aliphatic carbocycles. The van der Waals surface area contributed by atoms with Crippen molar-refractivity contribution in [1.29, 1.82) is 0 Å². The molecule has 2 aromatic rings. The Labute approximate surface area is 249 Å². The van der Waals surface area contributed by atoms with Crippen LogP contribution >= 0.6 is 11.3 Å². The molecule has 12 heteroatoms. The minimum absolute atomic E-state index is 0.102. The van der Waals surface area contributed by atoms with Crippen LogP contribution in [0.4, 0.5) is 9.80 Å². The van der Waals surface area contributed by atoms with Gasteiger partial charge in [0.1, 0.15) is 16.2 Å². The standard InChI is InChI=1S/C30H40N6O5S/c1-2-31-29(40)34-25-22(21-7-6-19-10-17-41-23(19)24(21)42-25)26(37)35-15-8-20(9-16-35)36-14-5-11-30(18-36)27(38)32-12-3-4-13-33-28(30)39/h6-7,20H,2-5,8-18H2,1H3,(H,32,38)(H,33,39)(H2,31,34,40). The van der Waals surface area contributed by atoms with Gasteiger partial charge in [0.15, 0.2) is 0 Å². The number of hydrogen-bond acceptors (Lipinski definition) is 7. The van der Waals surface area contributed by atoms with Crippen LogP contribution in [0.1, 0.15) is 61.4 Å². The number of nitrogens with one attached hydrogen (secondary N) is 4. The van der Waals surface area contributed by atoms with Crippen LogP contribution in [0.15, 0.2) is 12.1 Å². The lowest BCUT2D eigenvalue weighted by Crippen LogP contribution is -2.61. The van der Waals surface area contributed by atoms with E-state index in [-0.39, 0.29) is 29.8 Å². The number of urea groups is 1. The van der Waals surface area contributed by atoms with Gasteiger partial charge < -0.3 is 25.6 Å². The summed E-state index contributed by atoms with van der Waals surface area (Å²) in [5.74, 6) is 0.387. The molecule has 11 nitrogen and oxygen atoms in total. The zero-order valence-corrected chi connectivity index (χ0v) is 25.0. The first kappa shape index (κ1) is 28.7. The normalized spacial score (nSPS) is 21.5. The van der Waals surface area contributed by atoms with Crippen LogP contribution in [0.25, 0.3) is 10.1 Å². The van der Waals surface area contributed by atoms with Gasteiger partial charge in [0.05, 0.1) is 16.9 Å². The van der Waals surface area contributed by atoms with Gasteiger partial charge in [-0.2, -0.15) is 0 Å². The minimum atomic E-state index is -1.06. The molecule has 6 rings (SSSR count). The number of benzene rings is 1. The molecule has 5 amide bonds. The summed E-state index contributed by atoms with van der Waals surface area (Å²) in [5.41, 5.74) is 0.566. The van der Waals surface area contributed by atoms with Crippen molar-refractivity contribution in [3.63, 3.8) is 0 Å². The molecule has 1 aromatic carbocycles. The van der Waals surface area contributed by atoms with Crippen molar-refractivity contribution >= 4 is 50.2 Å². The average Bonchev–Trinajstić information content (AvgIpc) is 3.63. The molecule has 0 saturated carbocycles. The number of ether oxygens (including phenoxy) is 1. The highest BCUT2D eigenvalue weighted by atomic mass is 32.1. The first-order chi connectivity index (χ1) is 20.4. The molecule has 42 heavy (non-hydrogen) atoms. The predicted octanol–water partition coefficient (Wildman–Crippen LogP) is 2.69. The van der Waals surface area contributed by atoms with Crippen molar-refractivity contribution in [3.05, 3.63) is 23.3 Å². The van der Waals surface area contributed by atoms with Crippen molar-refractivity contribution in [3.8, 4) is 5.75 Å². The van der Waals surface area contributed by atoms with Gasteiger partial charge in [-0.05, 0) is 57.6 Å². The van der Waals surface area contributed by atoms with Crippen LogP contribution in [0.2, 0.25) is 0 Å². The van der Waals surface area contributed by atoms with E-state index in [1.165, 1.54) is 11.3 Å². The monoisotopic (exact) mass is 596 g/mol. The Morgan fingerprint density at radius 1 is 1.07 bits per heavy atom. The molecule has 0 bridgehead atoms. The molecule has 4 aliphatic rings. The SMILES string of the molecule is CCNC(=O)Nc1sc2c3c(ccc2c1C(=O)N1CCC(N2CCCC4(C2)C(=O)NCCCCNC4=O)CC1)CCO3. The zero-order chi connectivity index (χ0) is 29.3. The van der Waals surface area contributed by atoms with Crippen molar-refractivity contribution in [2.45, 2.75) is 57.9 Å². The molecule has 1 aromatic heterocycles. The van der Waals surface area contributed by atoms with E-state index in [2.05, 4.69) is 26.2 Å². The van der Waals surface area contributed by atoms with Gasteiger partial charge in [-0.3, -0.25) is 24.6 Å². The quantitative estimate of drug-likeness (QED) is 0.402. The van der Waals surface area contributed by atoms with Gasteiger partial charge in [-0.15, -0.1) is 11.3 Å². The second-order valence-electron chi connectivity index (χ2n) is 11.7. The molecule has 5 heterocycles. The van der Waals surface area contributed by atoms with Crippen molar-refractivity contribution in [2.75, 3.05) is 57.7 Å². The summed E-state index contributed by atoms with van der Waals surface area (Å²) in [5, 5.41) is 13.0. The van der Waals surface area contributed by atoms with Gasteiger partial charge >= 0.3 is 6.03 Å². The highest BCUT2D eigenvalue weighted by Crippen LogP contribution is 2.45. The number of piperidine rings is 2. The van der Waals surface area contributed by atoms with E-state index in [0.717, 1.165) is 66.5 Å². The van der Waals surface area contributed by atoms with E-state index in [1.807, 2.05) is 24.0 Å². The number of carbonyl (C=O) groups is 4. The number of fused-ring (bicyclic) bond motifs is 3. The van der Waals surface area contributed by atoms with Crippen LogP contribution in [-0.2, 0) is 16.0 Å². The fourth-order valence-corrected chi connectivity index (χ4v) is 8.07. The van der Waals surface area contributed by atoms with E-state index in [9.17, 15) is 19.2 Å². The van der Waals surface area contributed by atoms with E-state index in [4.69, 9.17) is 4.74 Å². The molecular formula is C30H40N6O5S. The Bertz CT molecular complexity index is 1360. The molecular weight excluding hydrogens is 556 g/mol. The number of hydrogen-bond donors (Lipinski definition) is 4. The molecule has 4 aliphatic heterocycles. The Morgan fingerprint density at radius 3 is 2.52 bits per heavy atom. The maximum Gasteiger partial charge on any atom is 0.319 e.